The van der Waals surface area contributed by atoms with Gasteiger partial charge in [-0.15, -0.1) is 0 Å². The summed E-state index contributed by atoms with van der Waals surface area (Å²) < 4.78 is 11.3. The van der Waals surface area contributed by atoms with E-state index in [9.17, 15) is 4.79 Å². The van der Waals surface area contributed by atoms with E-state index in [2.05, 4.69) is 15.1 Å². The van der Waals surface area contributed by atoms with E-state index >= 15 is 0 Å². The molecule has 0 radical (unpaired) electrons. The highest BCUT2D eigenvalue weighted by Gasteiger charge is 2.44. The third-order valence-corrected chi connectivity index (χ3v) is 6.09. The molecule has 2 aromatic heterocycles. The molecule has 1 aromatic carbocycles. The maximum Gasteiger partial charge on any atom is 0.249 e. The minimum absolute atomic E-state index is 0.0832. The lowest BCUT2D eigenvalue weighted by atomic mass is 9.90. The molecule has 4 heterocycles. The molecule has 2 fully saturated rings. The van der Waals surface area contributed by atoms with Crippen LogP contribution in [0.2, 0.25) is 0 Å². The van der Waals surface area contributed by atoms with Crippen molar-refractivity contribution >= 4 is 5.91 Å². The lowest BCUT2D eigenvalue weighted by Gasteiger charge is -2.37. The predicted molar refractivity (Wildman–Crippen MR) is 109 cm³/mol. The Hall–Kier alpha value is -3.06. The molecule has 3 aromatic rings. The van der Waals surface area contributed by atoms with Gasteiger partial charge in [0.15, 0.2) is 0 Å². The van der Waals surface area contributed by atoms with E-state index in [4.69, 9.17) is 9.26 Å². The summed E-state index contributed by atoms with van der Waals surface area (Å²) in [5.41, 5.74) is 1.97. The second kappa shape index (κ2) is 8.36. The number of ether oxygens (including phenoxy) is 1. The van der Waals surface area contributed by atoms with Gasteiger partial charge in [-0.3, -0.25) is 9.78 Å². The molecule has 0 saturated carbocycles. The van der Waals surface area contributed by atoms with E-state index in [0.717, 1.165) is 36.8 Å². The summed E-state index contributed by atoms with van der Waals surface area (Å²) in [6, 6.07) is 14.1. The number of fused-ring (bicyclic) bond motifs is 2. The molecule has 2 aliphatic rings. The number of aromatic nitrogens is 3. The Bertz CT molecular complexity index is 978. The number of amides is 1. The van der Waals surface area contributed by atoms with Gasteiger partial charge in [-0.2, -0.15) is 4.98 Å². The molecule has 0 aliphatic carbocycles. The summed E-state index contributed by atoms with van der Waals surface area (Å²) in [6.45, 7) is 0.581. The first-order valence-corrected chi connectivity index (χ1v) is 10.4. The van der Waals surface area contributed by atoms with Crippen LogP contribution in [0.5, 0.6) is 0 Å². The van der Waals surface area contributed by atoms with Crippen molar-refractivity contribution in [3.63, 3.8) is 0 Å². The second-order valence-corrected chi connectivity index (χ2v) is 8.02. The third kappa shape index (κ3) is 3.85. The fourth-order valence-corrected chi connectivity index (χ4v) is 4.71. The van der Waals surface area contributed by atoms with Crippen LogP contribution in [-0.2, 0) is 16.1 Å². The van der Waals surface area contributed by atoms with Crippen LogP contribution in [-0.4, -0.2) is 44.6 Å². The Labute approximate surface area is 175 Å². The standard InChI is InChI=1S/C23H24N4O3/c28-21(15-29-14-16-4-2-1-3-5-16)27-19-6-7-20(27)13-18(12-19)23-25-22(26-30-23)17-8-10-24-11-9-17/h1-5,8-11,18-20H,6-7,12-15H2/t18?,19-,20+. The number of hydrogen-bond donors (Lipinski definition) is 0. The molecule has 7 heteroatoms. The highest BCUT2D eigenvalue weighted by Crippen LogP contribution is 2.43. The van der Waals surface area contributed by atoms with Crippen LogP contribution < -0.4 is 0 Å². The number of benzene rings is 1. The van der Waals surface area contributed by atoms with E-state index in [0.29, 0.717) is 18.3 Å². The van der Waals surface area contributed by atoms with Crippen molar-refractivity contribution in [2.75, 3.05) is 6.61 Å². The normalized spacial score (nSPS) is 22.9. The maximum atomic E-state index is 12.8. The van der Waals surface area contributed by atoms with Crippen LogP contribution in [0.25, 0.3) is 11.4 Å². The van der Waals surface area contributed by atoms with Gasteiger partial charge in [-0.25, -0.2) is 0 Å². The summed E-state index contributed by atoms with van der Waals surface area (Å²) in [5, 5.41) is 4.14. The van der Waals surface area contributed by atoms with Crippen molar-refractivity contribution in [2.45, 2.75) is 50.3 Å². The molecule has 3 atom stereocenters. The van der Waals surface area contributed by atoms with Crippen LogP contribution >= 0.6 is 0 Å². The summed E-state index contributed by atoms with van der Waals surface area (Å²) in [7, 11) is 0. The molecular formula is C23H24N4O3. The van der Waals surface area contributed by atoms with Gasteiger partial charge in [0.05, 0.1) is 6.61 Å². The molecule has 2 aliphatic heterocycles. The highest BCUT2D eigenvalue weighted by molar-refractivity contribution is 5.78. The first kappa shape index (κ1) is 18.9. The number of hydrogen-bond acceptors (Lipinski definition) is 6. The number of carbonyl (C=O) groups excluding carboxylic acids is 1. The number of piperidine rings is 1. The van der Waals surface area contributed by atoms with E-state index < -0.39 is 0 Å². The third-order valence-electron chi connectivity index (χ3n) is 6.09. The highest BCUT2D eigenvalue weighted by atomic mass is 16.5. The molecular weight excluding hydrogens is 380 g/mol. The second-order valence-electron chi connectivity index (χ2n) is 8.02. The van der Waals surface area contributed by atoms with Crippen molar-refractivity contribution in [2.24, 2.45) is 0 Å². The van der Waals surface area contributed by atoms with Crippen LogP contribution in [0.15, 0.2) is 59.4 Å². The molecule has 5 rings (SSSR count). The molecule has 2 saturated heterocycles. The molecule has 30 heavy (non-hydrogen) atoms. The van der Waals surface area contributed by atoms with Gasteiger partial charge in [0.2, 0.25) is 17.6 Å². The van der Waals surface area contributed by atoms with Crippen LogP contribution in [0.1, 0.15) is 43.1 Å². The average molecular weight is 404 g/mol. The smallest absolute Gasteiger partial charge is 0.249 e. The van der Waals surface area contributed by atoms with Crippen molar-refractivity contribution in [1.82, 2.24) is 20.0 Å². The van der Waals surface area contributed by atoms with Crippen molar-refractivity contribution in [3.05, 3.63) is 66.3 Å². The molecule has 1 unspecified atom stereocenters. The van der Waals surface area contributed by atoms with Crippen LogP contribution in [0.4, 0.5) is 0 Å². The van der Waals surface area contributed by atoms with Gasteiger partial charge in [0.1, 0.15) is 6.61 Å². The number of carbonyl (C=O) groups is 1. The van der Waals surface area contributed by atoms with Crippen LogP contribution in [0.3, 0.4) is 0 Å². The van der Waals surface area contributed by atoms with Gasteiger partial charge in [0, 0.05) is 36.0 Å². The predicted octanol–water partition coefficient (Wildman–Crippen LogP) is 3.59. The zero-order chi connectivity index (χ0) is 20.3. The minimum atomic E-state index is 0.0832. The first-order valence-electron chi connectivity index (χ1n) is 10.4. The molecule has 0 spiro atoms. The Balaban J connectivity index is 1.20. The fraction of sp³-hybridized carbons (Fsp3) is 0.391. The largest absolute Gasteiger partial charge is 0.367 e. The number of nitrogens with zero attached hydrogens (tertiary/aromatic N) is 4. The van der Waals surface area contributed by atoms with Crippen molar-refractivity contribution < 1.29 is 14.1 Å². The Morgan fingerprint density at radius 1 is 1.07 bits per heavy atom. The van der Waals surface area contributed by atoms with Crippen molar-refractivity contribution in [1.29, 1.82) is 0 Å². The Kier molecular flexibility index (Phi) is 5.27. The van der Waals surface area contributed by atoms with Gasteiger partial charge in [-0.1, -0.05) is 35.5 Å². The van der Waals surface area contributed by atoms with Crippen LogP contribution in [0, 0.1) is 0 Å². The quantitative estimate of drug-likeness (QED) is 0.625. The zero-order valence-corrected chi connectivity index (χ0v) is 16.7. The maximum absolute atomic E-state index is 12.8. The summed E-state index contributed by atoms with van der Waals surface area (Å²) in [4.78, 5) is 23.5. The number of rotatable bonds is 6. The minimum Gasteiger partial charge on any atom is -0.367 e. The molecule has 2 bridgehead atoms. The molecule has 7 nitrogen and oxygen atoms in total. The average Bonchev–Trinajstić information content (AvgIpc) is 3.38. The zero-order valence-electron chi connectivity index (χ0n) is 16.7. The summed E-state index contributed by atoms with van der Waals surface area (Å²) >= 11 is 0. The monoisotopic (exact) mass is 404 g/mol. The Morgan fingerprint density at radius 2 is 1.80 bits per heavy atom. The van der Waals surface area contributed by atoms with Gasteiger partial charge >= 0.3 is 0 Å². The van der Waals surface area contributed by atoms with Gasteiger partial charge < -0.3 is 14.2 Å². The topological polar surface area (TPSA) is 81.4 Å². The van der Waals surface area contributed by atoms with Crippen molar-refractivity contribution in [3.8, 4) is 11.4 Å². The summed E-state index contributed by atoms with van der Waals surface area (Å²) in [6.07, 6.45) is 7.21. The van der Waals surface area contributed by atoms with E-state index in [1.54, 1.807) is 12.4 Å². The molecule has 154 valence electrons. The summed E-state index contributed by atoms with van der Waals surface area (Å²) in [5.74, 6) is 1.54. The van der Waals surface area contributed by atoms with Gasteiger partial charge in [0.25, 0.3) is 0 Å². The van der Waals surface area contributed by atoms with E-state index in [-0.39, 0.29) is 30.5 Å². The molecule has 1 amide bonds. The first-order chi connectivity index (χ1) is 14.8. The van der Waals surface area contributed by atoms with Gasteiger partial charge in [-0.05, 0) is 43.4 Å². The molecule has 0 N–H and O–H groups in total. The Morgan fingerprint density at radius 3 is 2.53 bits per heavy atom. The van der Waals surface area contributed by atoms with E-state index in [1.807, 2.05) is 47.4 Å². The number of pyridine rings is 1. The SMILES string of the molecule is O=C(COCc1ccccc1)N1[C@@H]2CC[C@H]1CC(c1nc(-c3ccncc3)no1)C2. The lowest BCUT2D eigenvalue weighted by molar-refractivity contribution is -0.141. The lowest BCUT2D eigenvalue weighted by Crippen LogP contribution is -2.47. The van der Waals surface area contributed by atoms with E-state index in [1.165, 1.54) is 0 Å². The fourth-order valence-electron chi connectivity index (χ4n) is 4.71.